The van der Waals surface area contributed by atoms with Gasteiger partial charge in [-0.05, 0) is 18.6 Å². The molecular formula is C16H18F3N5O2. The molecule has 0 radical (unpaired) electrons. The maximum atomic E-state index is 12.9. The average Bonchev–Trinajstić information content (AvgIpc) is 3.00. The molecule has 1 N–H and O–H groups in total. The molecule has 140 valence electrons. The highest BCUT2D eigenvalue weighted by Crippen LogP contribution is 2.19. The molecule has 26 heavy (non-hydrogen) atoms. The Kier molecular flexibility index (Phi) is 4.97. The number of aliphatic hydroxyl groups excluding tert-OH is 1. The van der Waals surface area contributed by atoms with E-state index in [4.69, 9.17) is 5.11 Å². The molecule has 7 nitrogen and oxygen atoms in total. The number of aliphatic hydroxyl groups is 1. The monoisotopic (exact) mass is 369 g/mol. The Morgan fingerprint density at radius 2 is 1.96 bits per heavy atom. The number of hydrogen-bond donors (Lipinski definition) is 1. The first-order valence-corrected chi connectivity index (χ1v) is 8.03. The summed E-state index contributed by atoms with van der Waals surface area (Å²) in [7, 11) is 1.54. The number of halogens is 3. The van der Waals surface area contributed by atoms with Crippen molar-refractivity contribution in [2.75, 3.05) is 19.7 Å². The third-order valence-corrected chi connectivity index (χ3v) is 4.09. The van der Waals surface area contributed by atoms with E-state index in [9.17, 15) is 18.0 Å². The van der Waals surface area contributed by atoms with Crippen LogP contribution in [0.2, 0.25) is 0 Å². The van der Waals surface area contributed by atoms with Crippen molar-refractivity contribution in [3.8, 4) is 0 Å². The lowest BCUT2D eigenvalue weighted by Gasteiger charge is -2.22. The summed E-state index contributed by atoms with van der Waals surface area (Å²) in [6.45, 7) is -1.37. The van der Waals surface area contributed by atoms with Crippen LogP contribution in [0.25, 0.3) is 16.7 Å². The molecule has 0 amide bonds. The highest BCUT2D eigenvalue weighted by atomic mass is 19.4. The summed E-state index contributed by atoms with van der Waals surface area (Å²) >= 11 is 0. The van der Waals surface area contributed by atoms with Crippen molar-refractivity contribution in [3.05, 3.63) is 40.4 Å². The number of aromatic nitrogens is 4. The molecule has 2 heterocycles. The van der Waals surface area contributed by atoms with Gasteiger partial charge in [-0.15, -0.1) is 10.2 Å². The van der Waals surface area contributed by atoms with Gasteiger partial charge < -0.3 is 5.11 Å². The lowest BCUT2D eigenvalue weighted by molar-refractivity contribution is -0.147. The Balaban J connectivity index is 2.08. The zero-order valence-corrected chi connectivity index (χ0v) is 14.1. The quantitative estimate of drug-likeness (QED) is 0.710. The van der Waals surface area contributed by atoms with Crippen LogP contribution in [-0.2, 0) is 13.6 Å². The fourth-order valence-corrected chi connectivity index (χ4v) is 2.96. The number of aryl methyl sites for hydroxylation is 1. The van der Waals surface area contributed by atoms with Crippen molar-refractivity contribution >= 4 is 16.7 Å². The molecule has 0 bridgehead atoms. The Morgan fingerprint density at radius 1 is 1.23 bits per heavy atom. The topological polar surface area (TPSA) is 75.7 Å². The van der Waals surface area contributed by atoms with Crippen molar-refractivity contribution < 1.29 is 18.3 Å². The Hall–Kier alpha value is -2.46. The lowest BCUT2D eigenvalue weighted by Crippen LogP contribution is -2.35. The van der Waals surface area contributed by atoms with Crippen LogP contribution in [0.15, 0.2) is 29.1 Å². The Labute approximate surface area is 146 Å². The summed E-state index contributed by atoms with van der Waals surface area (Å²) in [4.78, 5) is 13.6. The van der Waals surface area contributed by atoms with E-state index in [0.717, 1.165) is 4.90 Å². The van der Waals surface area contributed by atoms with Crippen molar-refractivity contribution in [1.82, 2.24) is 24.1 Å². The second-order valence-corrected chi connectivity index (χ2v) is 6.04. The minimum Gasteiger partial charge on any atom is -0.396 e. The molecule has 10 heteroatoms. The fraction of sp³-hybridized carbons (Fsp3) is 0.438. The smallest absolute Gasteiger partial charge is 0.396 e. The largest absolute Gasteiger partial charge is 0.401 e. The van der Waals surface area contributed by atoms with Gasteiger partial charge in [0.25, 0.3) is 5.56 Å². The van der Waals surface area contributed by atoms with E-state index in [0.29, 0.717) is 16.7 Å². The number of hydrogen-bond acceptors (Lipinski definition) is 5. The average molecular weight is 369 g/mol. The maximum absolute atomic E-state index is 12.9. The Bertz CT molecular complexity index is 980. The summed E-state index contributed by atoms with van der Waals surface area (Å²) in [5, 5.41) is 17.4. The molecule has 0 saturated carbocycles. The van der Waals surface area contributed by atoms with Gasteiger partial charge in [0, 0.05) is 20.2 Å². The molecule has 3 aromatic rings. The van der Waals surface area contributed by atoms with Gasteiger partial charge in [0.2, 0.25) is 5.78 Å². The maximum Gasteiger partial charge on any atom is 0.401 e. The molecule has 0 fully saturated rings. The molecule has 0 aliphatic rings. The first-order valence-electron chi connectivity index (χ1n) is 8.03. The van der Waals surface area contributed by atoms with Crippen molar-refractivity contribution in [3.63, 3.8) is 0 Å². The second kappa shape index (κ2) is 7.04. The van der Waals surface area contributed by atoms with Crippen LogP contribution in [0.4, 0.5) is 13.2 Å². The molecule has 0 atom stereocenters. The zero-order chi connectivity index (χ0) is 18.9. The molecule has 0 aliphatic heterocycles. The molecule has 1 aromatic carbocycles. The molecule has 0 unspecified atom stereocenters. The summed E-state index contributed by atoms with van der Waals surface area (Å²) in [5.41, 5.74) is 0.291. The van der Waals surface area contributed by atoms with E-state index >= 15 is 0 Å². The lowest BCUT2D eigenvalue weighted by atomic mass is 10.2. The van der Waals surface area contributed by atoms with Crippen LogP contribution in [0.3, 0.4) is 0 Å². The van der Waals surface area contributed by atoms with E-state index in [1.165, 1.54) is 4.57 Å². The summed E-state index contributed by atoms with van der Waals surface area (Å²) < 4.78 is 41.5. The number of para-hydroxylation sites is 1. The highest BCUT2D eigenvalue weighted by molar-refractivity contribution is 5.80. The summed E-state index contributed by atoms with van der Waals surface area (Å²) in [5.74, 6) is 0.562. The van der Waals surface area contributed by atoms with Gasteiger partial charge in [-0.1, -0.05) is 12.1 Å². The Morgan fingerprint density at radius 3 is 2.65 bits per heavy atom. The molecule has 0 spiro atoms. The van der Waals surface area contributed by atoms with Crippen molar-refractivity contribution in [2.45, 2.75) is 19.1 Å². The highest BCUT2D eigenvalue weighted by Gasteiger charge is 2.31. The third-order valence-electron chi connectivity index (χ3n) is 4.09. The van der Waals surface area contributed by atoms with Crippen LogP contribution in [0, 0.1) is 0 Å². The number of rotatable bonds is 6. The summed E-state index contributed by atoms with van der Waals surface area (Å²) in [6, 6.07) is 6.82. The van der Waals surface area contributed by atoms with Gasteiger partial charge in [-0.2, -0.15) is 13.2 Å². The van der Waals surface area contributed by atoms with Crippen molar-refractivity contribution in [2.24, 2.45) is 7.05 Å². The normalized spacial score (nSPS) is 12.5. The molecule has 2 aromatic heterocycles. The predicted molar refractivity (Wildman–Crippen MR) is 88.8 cm³/mol. The molecular weight excluding hydrogens is 351 g/mol. The predicted octanol–water partition coefficient (Wildman–Crippen LogP) is 1.33. The minimum absolute atomic E-state index is 0.0641. The van der Waals surface area contributed by atoms with Crippen LogP contribution in [-0.4, -0.2) is 55.0 Å². The number of fused-ring (bicyclic) bond motifs is 3. The molecule has 0 aliphatic carbocycles. The number of benzene rings is 1. The van der Waals surface area contributed by atoms with E-state index in [2.05, 4.69) is 10.2 Å². The van der Waals surface area contributed by atoms with Crippen LogP contribution in [0.5, 0.6) is 0 Å². The summed E-state index contributed by atoms with van der Waals surface area (Å²) in [6.07, 6.45) is -4.16. The fourth-order valence-electron chi connectivity index (χ4n) is 2.96. The zero-order valence-electron chi connectivity index (χ0n) is 14.1. The van der Waals surface area contributed by atoms with Crippen LogP contribution in [0.1, 0.15) is 12.2 Å². The van der Waals surface area contributed by atoms with Gasteiger partial charge in [-0.3, -0.25) is 18.7 Å². The van der Waals surface area contributed by atoms with Gasteiger partial charge >= 0.3 is 6.18 Å². The third kappa shape index (κ3) is 3.56. The number of nitrogens with zero attached hydrogens (tertiary/aromatic N) is 5. The van der Waals surface area contributed by atoms with E-state index in [-0.39, 0.29) is 37.5 Å². The van der Waals surface area contributed by atoms with E-state index in [1.54, 1.807) is 35.7 Å². The molecule has 3 rings (SSSR count). The first-order chi connectivity index (χ1) is 12.3. The second-order valence-electron chi connectivity index (χ2n) is 6.04. The van der Waals surface area contributed by atoms with E-state index in [1.807, 2.05) is 0 Å². The number of alkyl halides is 3. The minimum atomic E-state index is -4.37. The van der Waals surface area contributed by atoms with Crippen LogP contribution < -0.4 is 5.56 Å². The van der Waals surface area contributed by atoms with E-state index < -0.39 is 12.7 Å². The van der Waals surface area contributed by atoms with Gasteiger partial charge in [-0.25, -0.2) is 0 Å². The van der Waals surface area contributed by atoms with Crippen LogP contribution >= 0.6 is 0 Å². The first kappa shape index (κ1) is 18.3. The SMILES string of the molecule is Cn1c(=O)c2ccccc2n2c(CN(CCCO)CC(F)(F)F)nnc12. The van der Waals surface area contributed by atoms with Gasteiger partial charge in [0.1, 0.15) is 0 Å². The van der Waals surface area contributed by atoms with Crippen molar-refractivity contribution in [1.29, 1.82) is 0 Å². The van der Waals surface area contributed by atoms with Gasteiger partial charge in [0.05, 0.1) is 24.0 Å². The molecule has 0 saturated heterocycles. The standard InChI is InChI=1S/C16H18F3N5O2/c1-22-14(26)11-5-2-3-6-12(11)24-13(20-21-15(22)24)9-23(7-4-8-25)10-16(17,18)19/h2-3,5-6,25H,4,7-10H2,1H3. The van der Waals surface area contributed by atoms with Gasteiger partial charge in [0.15, 0.2) is 5.82 Å².